The van der Waals surface area contributed by atoms with Crippen molar-refractivity contribution in [1.29, 1.82) is 0 Å². The molecule has 0 radical (unpaired) electrons. The van der Waals surface area contributed by atoms with Gasteiger partial charge in [-0.05, 0) is 56.5 Å². The van der Waals surface area contributed by atoms with E-state index in [0.29, 0.717) is 12.2 Å². The van der Waals surface area contributed by atoms with E-state index in [2.05, 4.69) is 12.2 Å². The van der Waals surface area contributed by atoms with Gasteiger partial charge in [-0.3, -0.25) is 0 Å². The normalized spacial score (nSPS) is 18.4. The minimum Gasteiger partial charge on any atom is -0.486 e. The van der Waals surface area contributed by atoms with Gasteiger partial charge in [0.2, 0.25) is 0 Å². The van der Waals surface area contributed by atoms with Crippen LogP contribution in [0.2, 0.25) is 0 Å². The molecule has 1 aromatic rings. The van der Waals surface area contributed by atoms with E-state index in [1.165, 1.54) is 6.42 Å². The van der Waals surface area contributed by atoms with Gasteiger partial charge in [0, 0.05) is 0 Å². The largest absolute Gasteiger partial charge is 0.486 e. The van der Waals surface area contributed by atoms with Crippen LogP contribution in [0, 0.1) is 0 Å². The molecule has 0 heterocycles. The molecule has 0 amide bonds. The highest BCUT2D eigenvalue weighted by atomic mass is 16.5. The lowest BCUT2D eigenvalue weighted by Gasteiger charge is -2.18. The van der Waals surface area contributed by atoms with Crippen LogP contribution in [0.15, 0.2) is 36.4 Å². The van der Waals surface area contributed by atoms with Gasteiger partial charge in [-0.2, -0.15) is 0 Å². The zero-order valence-corrected chi connectivity index (χ0v) is 10.6. The first-order valence-corrected chi connectivity index (χ1v) is 6.40. The van der Waals surface area contributed by atoms with Gasteiger partial charge in [0.05, 0.1) is 12.2 Å². The molecule has 0 saturated carbocycles. The first kappa shape index (κ1) is 12.7. The molecule has 1 unspecified atom stereocenters. The zero-order chi connectivity index (χ0) is 12.8. The zero-order valence-electron chi connectivity index (χ0n) is 10.6. The number of esters is 1. The first-order valence-electron chi connectivity index (χ1n) is 6.40. The third kappa shape index (κ3) is 3.36. The van der Waals surface area contributed by atoms with Crippen molar-refractivity contribution in [3.05, 3.63) is 42.0 Å². The molecule has 0 bridgehead atoms. The fourth-order valence-electron chi connectivity index (χ4n) is 1.94. The van der Waals surface area contributed by atoms with Crippen LogP contribution in [0.5, 0.6) is 5.75 Å². The number of hydrogen-bond donors (Lipinski definition) is 0. The van der Waals surface area contributed by atoms with Crippen LogP contribution in [0.3, 0.4) is 0 Å². The molecule has 0 saturated heterocycles. The third-order valence-electron chi connectivity index (χ3n) is 2.86. The van der Waals surface area contributed by atoms with Crippen molar-refractivity contribution in [2.24, 2.45) is 0 Å². The maximum Gasteiger partial charge on any atom is 0.338 e. The summed E-state index contributed by atoms with van der Waals surface area (Å²) < 4.78 is 10.7. The molecule has 2 rings (SSSR count). The maximum absolute atomic E-state index is 11.5. The quantitative estimate of drug-likeness (QED) is 0.603. The minimum atomic E-state index is -0.290. The summed E-state index contributed by atoms with van der Waals surface area (Å²) in [7, 11) is 0. The van der Waals surface area contributed by atoms with Gasteiger partial charge in [0.1, 0.15) is 11.9 Å². The second-order valence-corrected chi connectivity index (χ2v) is 4.26. The molecule has 0 spiro atoms. The lowest BCUT2D eigenvalue weighted by atomic mass is 10.1. The number of ether oxygens (including phenoxy) is 2. The van der Waals surface area contributed by atoms with Crippen LogP contribution in [-0.4, -0.2) is 18.7 Å². The summed E-state index contributed by atoms with van der Waals surface area (Å²) in [5, 5.41) is 0. The average molecular weight is 246 g/mol. The highest BCUT2D eigenvalue weighted by Crippen LogP contribution is 2.19. The van der Waals surface area contributed by atoms with E-state index >= 15 is 0 Å². The summed E-state index contributed by atoms with van der Waals surface area (Å²) in [6.07, 6.45) is 7.77. The van der Waals surface area contributed by atoms with Crippen LogP contribution in [0.25, 0.3) is 0 Å². The van der Waals surface area contributed by atoms with Gasteiger partial charge in [-0.25, -0.2) is 4.79 Å². The molecule has 1 aliphatic rings. The SMILES string of the molecule is CCOC(=O)c1ccc(OC2C=CCCC2)cc1. The first-order chi connectivity index (χ1) is 8.79. The average Bonchev–Trinajstić information content (AvgIpc) is 2.41. The Kier molecular flexibility index (Phi) is 4.40. The fourth-order valence-corrected chi connectivity index (χ4v) is 1.94. The van der Waals surface area contributed by atoms with E-state index in [9.17, 15) is 4.79 Å². The van der Waals surface area contributed by atoms with Crippen molar-refractivity contribution >= 4 is 5.97 Å². The van der Waals surface area contributed by atoms with Crippen LogP contribution < -0.4 is 4.74 Å². The molecule has 0 aromatic heterocycles. The number of carbonyl (C=O) groups excluding carboxylic acids is 1. The Morgan fingerprint density at radius 2 is 2.11 bits per heavy atom. The summed E-state index contributed by atoms with van der Waals surface area (Å²) in [5.74, 6) is 0.501. The van der Waals surface area contributed by atoms with Crippen molar-refractivity contribution in [1.82, 2.24) is 0 Å². The highest BCUT2D eigenvalue weighted by Gasteiger charge is 2.11. The van der Waals surface area contributed by atoms with Crippen molar-refractivity contribution in [3.63, 3.8) is 0 Å². The van der Waals surface area contributed by atoms with E-state index in [0.717, 1.165) is 18.6 Å². The topological polar surface area (TPSA) is 35.5 Å². The van der Waals surface area contributed by atoms with Crippen LogP contribution in [0.1, 0.15) is 36.5 Å². The molecular formula is C15H18O3. The number of benzene rings is 1. The fraction of sp³-hybridized carbons (Fsp3) is 0.400. The smallest absolute Gasteiger partial charge is 0.338 e. The summed E-state index contributed by atoms with van der Waals surface area (Å²) in [6.45, 7) is 2.19. The van der Waals surface area contributed by atoms with Crippen molar-refractivity contribution < 1.29 is 14.3 Å². The Hall–Kier alpha value is -1.77. The maximum atomic E-state index is 11.5. The Balaban J connectivity index is 1.96. The predicted molar refractivity (Wildman–Crippen MR) is 69.8 cm³/mol. The van der Waals surface area contributed by atoms with Gasteiger partial charge in [0.25, 0.3) is 0 Å². The Labute approximate surface area is 107 Å². The molecule has 18 heavy (non-hydrogen) atoms. The van der Waals surface area contributed by atoms with Crippen molar-refractivity contribution in [3.8, 4) is 5.75 Å². The van der Waals surface area contributed by atoms with Crippen LogP contribution in [-0.2, 0) is 4.74 Å². The summed E-state index contributed by atoms with van der Waals surface area (Å²) in [5.41, 5.74) is 0.559. The molecule has 0 fully saturated rings. The Bertz CT molecular complexity index is 420. The van der Waals surface area contributed by atoms with Gasteiger partial charge in [-0.1, -0.05) is 6.08 Å². The molecule has 0 N–H and O–H groups in total. The molecule has 1 aliphatic carbocycles. The number of carbonyl (C=O) groups is 1. The lowest BCUT2D eigenvalue weighted by Crippen LogP contribution is -2.15. The molecule has 1 aromatic carbocycles. The van der Waals surface area contributed by atoms with E-state index < -0.39 is 0 Å². The van der Waals surface area contributed by atoms with Crippen molar-refractivity contribution in [2.75, 3.05) is 6.61 Å². The summed E-state index contributed by atoms with van der Waals surface area (Å²) in [4.78, 5) is 11.5. The van der Waals surface area contributed by atoms with Gasteiger partial charge in [-0.15, -0.1) is 0 Å². The summed E-state index contributed by atoms with van der Waals surface area (Å²) in [6, 6.07) is 7.10. The van der Waals surface area contributed by atoms with E-state index in [-0.39, 0.29) is 12.1 Å². The molecule has 3 heteroatoms. The Morgan fingerprint density at radius 3 is 2.72 bits per heavy atom. The minimum absolute atomic E-state index is 0.159. The van der Waals surface area contributed by atoms with Gasteiger partial charge < -0.3 is 9.47 Å². The van der Waals surface area contributed by atoms with E-state index in [4.69, 9.17) is 9.47 Å². The van der Waals surface area contributed by atoms with Crippen LogP contribution >= 0.6 is 0 Å². The Morgan fingerprint density at radius 1 is 1.33 bits per heavy atom. The van der Waals surface area contributed by atoms with Gasteiger partial charge in [0.15, 0.2) is 0 Å². The standard InChI is InChI=1S/C15H18O3/c1-2-17-15(16)12-8-10-14(11-9-12)18-13-6-4-3-5-7-13/h4,6,8-11,13H,2-3,5,7H2,1H3. The second-order valence-electron chi connectivity index (χ2n) is 4.26. The molecule has 1 atom stereocenters. The van der Waals surface area contributed by atoms with Crippen LogP contribution in [0.4, 0.5) is 0 Å². The molecule has 3 nitrogen and oxygen atoms in total. The third-order valence-corrected chi connectivity index (χ3v) is 2.86. The molecule has 96 valence electrons. The lowest BCUT2D eigenvalue weighted by molar-refractivity contribution is 0.0526. The van der Waals surface area contributed by atoms with E-state index in [1.807, 2.05) is 12.1 Å². The number of rotatable bonds is 4. The second kappa shape index (κ2) is 6.24. The monoisotopic (exact) mass is 246 g/mol. The summed E-state index contributed by atoms with van der Waals surface area (Å²) >= 11 is 0. The number of allylic oxidation sites excluding steroid dienone is 1. The molecule has 0 aliphatic heterocycles. The van der Waals surface area contributed by atoms with Crippen molar-refractivity contribution in [2.45, 2.75) is 32.3 Å². The highest BCUT2D eigenvalue weighted by molar-refractivity contribution is 5.89. The predicted octanol–water partition coefficient (Wildman–Crippen LogP) is 3.35. The molecular weight excluding hydrogens is 228 g/mol. The number of hydrogen-bond acceptors (Lipinski definition) is 3. The van der Waals surface area contributed by atoms with Gasteiger partial charge >= 0.3 is 5.97 Å². The van der Waals surface area contributed by atoms with E-state index in [1.54, 1.807) is 19.1 Å².